The van der Waals surface area contributed by atoms with Crippen LogP contribution in [0.2, 0.25) is 0 Å². The molecule has 630 valence electrons. The molecular weight excluding hydrogens is 1430 g/mol. The van der Waals surface area contributed by atoms with Gasteiger partial charge in [-0.05, 0) is 78.1 Å². The highest BCUT2D eigenvalue weighted by atomic mass is 16.7. The first-order valence-electron chi connectivity index (χ1n) is 39.3. The molecule has 18 unspecified atom stereocenters. The second-order valence-corrected chi connectivity index (χ2v) is 29.0. The summed E-state index contributed by atoms with van der Waals surface area (Å²) in [7, 11) is 0. The van der Waals surface area contributed by atoms with Gasteiger partial charge >= 0.3 is 0 Å². The van der Waals surface area contributed by atoms with Gasteiger partial charge in [-0.25, -0.2) is 0 Å². The Morgan fingerprint density at radius 3 is 1.06 bits per heavy atom. The first-order valence-corrected chi connectivity index (χ1v) is 39.3. The molecule has 9 amide bonds. The average Bonchev–Trinajstić information content (AvgIpc) is 1.33. The lowest BCUT2D eigenvalue weighted by Gasteiger charge is -2.42. The molecule has 4 rings (SSSR count). The van der Waals surface area contributed by atoms with Crippen molar-refractivity contribution in [1.82, 2.24) is 47.9 Å². The highest BCUT2D eigenvalue weighted by Crippen LogP contribution is 2.28. The Hall–Kier alpha value is -5.49. The number of hydrogen-bond acceptors (Lipinski definition) is 27. The van der Waals surface area contributed by atoms with Gasteiger partial charge in [0.05, 0.1) is 44.7 Å². The summed E-state index contributed by atoms with van der Waals surface area (Å²) >= 11 is 0. The van der Waals surface area contributed by atoms with Gasteiger partial charge in [-0.1, -0.05) is 77.0 Å². The van der Waals surface area contributed by atoms with Gasteiger partial charge < -0.3 is 137 Å². The lowest BCUT2D eigenvalue weighted by molar-refractivity contribution is -0.270. The van der Waals surface area contributed by atoms with E-state index in [9.17, 15) is 94.2 Å². The van der Waals surface area contributed by atoms with Crippen molar-refractivity contribution in [3.8, 4) is 0 Å². The molecule has 0 aromatic heterocycles. The SMILES string of the molecule is CC(=O)NC1C(OCCCCCCNC(=O)CCC(NC(=O)CCC(NC(=O)CCCCCCCCCCC(=O)NCC2C[C@H](OC(C)C)[C@@H](CO)O2)C(=O)NCCCCCCOC2OC(CO)C(O)C(O)C2NC(C)=O)C(=O)NCCCCCCOC2OC(CO)C(O)C(O)C2NC(C)=O)OC(CO)C(O)C1O. The Labute approximate surface area is 639 Å². The van der Waals surface area contributed by atoms with Gasteiger partial charge in [-0.3, -0.25) is 43.2 Å². The highest BCUT2D eigenvalue weighted by molar-refractivity contribution is 5.90. The van der Waals surface area contributed by atoms with E-state index in [2.05, 4.69) is 47.9 Å². The second-order valence-electron chi connectivity index (χ2n) is 29.0. The minimum atomic E-state index is -1.47. The van der Waals surface area contributed by atoms with E-state index >= 15 is 0 Å². The zero-order valence-corrected chi connectivity index (χ0v) is 64.4. The average molecular weight is 1570 g/mol. The van der Waals surface area contributed by atoms with Crippen molar-refractivity contribution < 1.29 is 132 Å². The van der Waals surface area contributed by atoms with E-state index in [0.29, 0.717) is 103 Å². The van der Waals surface area contributed by atoms with E-state index in [-0.39, 0.29) is 108 Å². The molecule has 0 radical (unpaired) electrons. The van der Waals surface area contributed by atoms with Gasteiger partial charge in [0.25, 0.3) is 0 Å². The molecule has 0 spiro atoms. The first-order chi connectivity index (χ1) is 52.2. The predicted molar refractivity (Wildman–Crippen MR) is 390 cm³/mol. The topological polar surface area (TPSA) is 538 Å². The molecule has 36 nitrogen and oxygen atoms in total. The van der Waals surface area contributed by atoms with Gasteiger partial charge in [0, 0.05) is 98.9 Å². The largest absolute Gasteiger partial charge is 0.394 e. The van der Waals surface area contributed by atoms with Crippen LogP contribution in [0.5, 0.6) is 0 Å². The van der Waals surface area contributed by atoms with E-state index in [0.717, 1.165) is 44.9 Å². The Morgan fingerprint density at radius 1 is 0.376 bits per heavy atom. The smallest absolute Gasteiger partial charge is 0.242 e. The van der Waals surface area contributed by atoms with Gasteiger partial charge in [-0.2, -0.15) is 0 Å². The van der Waals surface area contributed by atoms with Crippen LogP contribution >= 0.6 is 0 Å². The minimum Gasteiger partial charge on any atom is -0.394 e. The first kappa shape index (κ1) is 95.9. The van der Waals surface area contributed by atoms with Crippen molar-refractivity contribution in [2.24, 2.45) is 0 Å². The van der Waals surface area contributed by atoms with Gasteiger partial charge in [-0.15, -0.1) is 0 Å². The predicted octanol–water partition coefficient (Wildman–Crippen LogP) is -2.61. The number of rotatable bonds is 56. The molecule has 4 heterocycles. The fourth-order valence-corrected chi connectivity index (χ4v) is 13.3. The van der Waals surface area contributed by atoms with Crippen LogP contribution in [-0.2, 0) is 81.0 Å². The molecule has 4 fully saturated rings. The van der Waals surface area contributed by atoms with Crippen molar-refractivity contribution in [3.63, 3.8) is 0 Å². The maximum atomic E-state index is 13.9. The Morgan fingerprint density at radius 2 is 0.697 bits per heavy atom. The number of aliphatic hydroxyl groups is 10. The monoisotopic (exact) mass is 1570 g/mol. The highest BCUT2D eigenvalue weighted by Gasteiger charge is 2.48. The molecule has 20 atom stereocenters. The number of unbranched alkanes of at least 4 members (excludes halogenated alkanes) is 16. The lowest BCUT2D eigenvalue weighted by atomic mass is 9.97. The maximum Gasteiger partial charge on any atom is 0.242 e. The van der Waals surface area contributed by atoms with Gasteiger partial charge in [0.1, 0.15) is 91.2 Å². The zero-order chi connectivity index (χ0) is 80.2. The standard InChI is InChI=1S/C73H131N9O27/c1-44(2)105-51-38-48(106-52(51)40-83)39-77-56(90)26-18-10-8-6-7-9-11-19-27-58(92)81-50(70(101)76-34-22-14-17-25-37-104-73-62(80-47(5)89)68(99)65(96)55(43-86)109-73)29-31-59(93)82-49(69(100)75-33-21-13-16-24-36-103-72-61(79-46(4)88)67(98)64(95)54(42-85)108-72)28-30-57(91)74-32-20-12-15-23-35-102-71-60(78-45(3)87)66(97)63(94)53(41-84)107-71/h44,48-55,60-68,71-73,83-86,94-99H,6-43H2,1-5H3,(H,74,91)(H,75,100)(H,76,101)(H,77,90)(H,78,87)(H,79,88)(H,80,89)(H,81,92)(H,82,93)/t48?,49?,50?,51-,52+,53?,54?,55?,60?,61?,62?,63?,64?,65?,66?,67?,68?,71?,72?,73?/m0/s1. The quantitative estimate of drug-likeness (QED) is 0.0277. The molecule has 4 aliphatic heterocycles. The fourth-order valence-electron chi connectivity index (χ4n) is 13.3. The number of ether oxygens (including phenoxy) is 8. The molecule has 0 aliphatic carbocycles. The molecule has 0 bridgehead atoms. The van der Waals surface area contributed by atoms with Gasteiger partial charge in [0.15, 0.2) is 18.9 Å². The summed E-state index contributed by atoms with van der Waals surface area (Å²) in [5.74, 6) is -4.04. The van der Waals surface area contributed by atoms with Crippen molar-refractivity contribution in [2.75, 3.05) is 72.4 Å². The summed E-state index contributed by atoms with van der Waals surface area (Å²) in [6, 6.07) is -5.61. The van der Waals surface area contributed by atoms with Crippen LogP contribution in [0.1, 0.15) is 208 Å². The van der Waals surface area contributed by atoms with Crippen molar-refractivity contribution in [1.29, 1.82) is 0 Å². The summed E-state index contributed by atoms with van der Waals surface area (Å²) < 4.78 is 46.0. The van der Waals surface area contributed by atoms with Crippen LogP contribution in [0.3, 0.4) is 0 Å². The third-order valence-electron chi connectivity index (χ3n) is 19.3. The molecular formula is C73H131N9O27. The lowest BCUT2D eigenvalue weighted by Crippen LogP contribution is -2.64. The van der Waals surface area contributed by atoms with Gasteiger partial charge in [0.2, 0.25) is 53.2 Å². The Bertz CT molecular complexity index is 2650. The summed E-state index contributed by atoms with van der Waals surface area (Å²) in [5, 5.41) is 126. The molecule has 0 aromatic rings. The fraction of sp³-hybridized carbons (Fsp3) is 0.877. The molecule has 0 saturated carbocycles. The normalized spacial score (nSPS) is 27.4. The number of aliphatic hydroxyl groups excluding tert-OH is 10. The van der Waals surface area contributed by atoms with E-state index < -0.39 is 171 Å². The number of hydrogen-bond donors (Lipinski definition) is 19. The van der Waals surface area contributed by atoms with E-state index in [4.69, 9.17) is 37.9 Å². The van der Waals surface area contributed by atoms with Crippen molar-refractivity contribution in [3.05, 3.63) is 0 Å². The summed E-state index contributed by atoms with van der Waals surface area (Å²) in [4.78, 5) is 117. The Kier molecular flexibility index (Phi) is 47.7. The van der Waals surface area contributed by atoms with Crippen LogP contribution in [0.4, 0.5) is 0 Å². The summed E-state index contributed by atoms with van der Waals surface area (Å²) in [6.07, 6.45) is -2.65. The molecule has 19 N–H and O–H groups in total. The van der Waals surface area contributed by atoms with Crippen LogP contribution in [-0.4, -0.2) is 305 Å². The molecule has 4 saturated heterocycles. The number of nitrogens with one attached hydrogen (secondary N) is 9. The van der Waals surface area contributed by atoms with Crippen LogP contribution < -0.4 is 47.9 Å². The van der Waals surface area contributed by atoms with E-state index in [1.54, 1.807) is 0 Å². The van der Waals surface area contributed by atoms with Crippen LogP contribution in [0.25, 0.3) is 0 Å². The van der Waals surface area contributed by atoms with E-state index in [1.807, 2.05) is 13.8 Å². The Balaban J connectivity index is 1.30. The number of carbonyl (C=O) groups excluding carboxylic acids is 9. The third-order valence-corrected chi connectivity index (χ3v) is 19.3. The molecule has 36 heteroatoms. The maximum absolute atomic E-state index is 13.9. The van der Waals surface area contributed by atoms with Crippen molar-refractivity contribution >= 4 is 53.2 Å². The van der Waals surface area contributed by atoms with Crippen LogP contribution in [0.15, 0.2) is 0 Å². The van der Waals surface area contributed by atoms with E-state index in [1.165, 1.54) is 20.8 Å². The number of carbonyl (C=O) groups is 9. The summed E-state index contributed by atoms with van der Waals surface area (Å²) in [6.45, 7) is 7.08. The van der Waals surface area contributed by atoms with Crippen LogP contribution in [0, 0.1) is 0 Å². The molecule has 0 aromatic carbocycles. The summed E-state index contributed by atoms with van der Waals surface area (Å²) in [5.41, 5.74) is 0. The molecule has 4 aliphatic rings. The van der Waals surface area contributed by atoms with Crippen molar-refractivity contribution in [2.45, 2.75) is 336 Å². The number of amides is 9. The third kappa shape index (κ3) is 36.9. The second kappa shape index (κ2) is 54.3. The minimum absolute atomic E-state index is 0.00987. The molecule has 109 heavy (non-hydrogen) atoms. The zero-order valence-electron chi connectivity index (χ0n) is 64.4.